The molecule has 0 aromatic carbocycles. The van der Waals surface area contributed by atoms with E-state index in [-0.39, 0.29) is 0 Å². The number of nitrogens with two attached hydrogens (primary N) is 1. The number of hydrogen-bond acceptors (Lipinski definition) is 3. The van der Waals surface area contributed by atoms with Gasteiger partial charge in [-0.1, -0.05) is 64.7 Å². The lowest BCUT2D eigenvalue weighted by Gasteiger charge is -2.15. The van der Waals surface area contributed by atoms with E-state index in [0.29, 0.717) is 6.61 Å². The van der Waals surface area contributed by atoms with Crippen LogP contribution in [0.4, 0.5) is 0 Å². The van der Waals surface area contributed by atoms with E-state index < -0.39 is 12.3 Å². The molecular formula is C15H33NO2. The highest BCUT2D eigenvalue weighted by Gasteiger charge is 2.07. The lowest BCUT2D eigenvalue weighted by molar-refractivity contribution is -0.0266. The third-order valence-electron chi connectivity index (χ3n) is 3.28. The van der Waals surface area contributed by atoms with Gasteiger partial charge in [0.05, 0.1) is 6.10 Å². The maximum Gasteiger partial charge on any atom is 0.131 e. The molecule has 0 amide bonds. The Balaban J connectivity index is 3.03. The van der Waals surface area contributed by atoms with Crippen molar-refractivity contribution in [2.45, 2.75) is 90.4 Å². The molecule has 0 aliphatic rings. The Morgan fingerprint density at radius 1 is 0.889 bits per heavy atom. The number of aliphatic hydroxyl groups is 1. The van der Waals surface area contributed by atoms with Gasteiger partial charge in [-0.3, -0.25) is 0 Å². The molecule has 18 heavy (non-hydrogen) atoms. The Morgan fingerprint density at radius 2 is 1.33 bits per heavy atom. The van der Waals surface area contributed by atoms with Crippen molar-refractivity contribution < 1.29 is 9.84 Å². The SMILES string of the molecule is CCCCCCCCCCCCOC(N)C(C)O. The number of ether oxygens (including phenoxy) is 1. The van der Waals surface area contributed by atoms with Crippen molar-refractivity contribution in [3.63, 3.8) is 0 Å². The van der Waals surface area contributed by atoms with Gasteiger partial charge in [0.2, 0.25) is 0 Å². The second-order valence-electron chi connectivity index (χ2n) is 5.26. The maximum absolute atomic E-state index is 9.13. The number of rotatable bonds is 13. The molecule has 110 valence electrons. The normalized spacial score (nSPS) is 14.7. The van der Waals surface area contributed by atoms with E-state index in [0.717, 1.165) is 6.42 Å². The second kappa shape index (κ2) is 13.3. The van der Waals surface area contributed by atoms with Crippen molar-refractivity contribution in [3.05, 3.63) is 0 Å². The monoisotopic (exact) mass is 259 g/mol. The first-order valence-corrected chi connectivity index (χ1v) is 7.73. The van der Waals surface area contributed by atoms with Gasteiger partial charge in [-0.25, -0.2) is 0 Å². The molecule has 0 fully saturated rings. The fourth-order valence-electron chi connectivity index (χ4n) is 1.95. The molecule has 0 saturated heterocycles. The summed E-state index contributed by atoms with van der Waals surface area (Å²) in [6, 6.07) is 0. The zero-order chi connectivity index (χ0) is 13.6. The third-order valence-corrected chi connectivity index (χ3v) is 3.28. The van der Waals surface area contributed by atoms with Gasteiger partial charge in [0.15, 0.2) is 0 Å². The fourth-order valence-corrected chi connectivity index (χ4v) is 1.95. The highest BCUT2D eigenvalue weighted by molar-refractivity contribution is 4.55. The third kappa shape index (κ3) is 12.3. The van der Waals surface area contributed by atoms with E-state index in [1.165, 1.54) is 57.8 Å². The predicted molar refractivity (Wildman–Crippen MR) is 77.5 cm³/mol. The molecule has 0 aromatic heterocycles. The lowest BCUT2D eigenvalue weighted by atomic mass is 10.1. The van der Waals surface area contributed by atoms with Gasteiger partial charge in [-0.2, -0.15) is 0 Å². The molecule has 2 atom stereocenters. The van der Waals surface area contributed by atoms with Crippen LogP contribution in [0.5, 0.6) is 0 Å². The van der Waals surface area contributed by atoms with Gasteiger partial charge in [-0.15, -0.1) is 0 Å². The van der Waals surface area contributed by atoms with Crippen LogP contribution in [0.25, 0.3) is 0 Å². The first-order valence-electron chi connectivity index (χ1n) is 7.73. The Hall–Kier alpha value is -0.120. The van der Waals surface area contributed by atoms with Crippen LogP contribution >= 0.6 is 0 Å². The Morgan fingerprint density at radius 3 is 1.78 bits per heavy atom. The quantitative estimate of drug-likeness (QED) is 0.392. The van der Waals surface area contributed by atoms with E-state index in [1.807, 2.05) is 0 Å². The predicted octanol–water partition coefficient (Wildman–Crippen LogP) is 3.59. The van der Waals surface area contributed by atoms with Gasteiger partial charge in [0, 0.05) is 6.61 Å². The summed E-state index contributed by atoms with van der Waals surface area (Å²) in [5.74, 6) is 0. The van der Waals surface area contributed by atoms with Crippen LogP contribution in [0.1, 0.15) is 78.1 Å². The molecule has 3 nitrogen and oxygen atoms in total. The minimum absolute atomic E-state index is 0.524. The Kier molecular flexibility index (Phi) is 13.2. The number of aliphatic hydroxyl groups excluding tert-OH is 1. The van der Waals surface area contributed by atoms with E-state index in [9.17, 15) is 0 Å². The molecule has 0 bridgehead atoms. The summed E-state index contributed by atoms with van der Waals surface area (Å²) in [6.07, 6.45) is 12.1. The minimum atomic E-state index is -0.576. The molecule has 0 aromatic rings. The summed E-state index contributed by atoms with van der Waals surface area (Å²) in [5, 5.41) is 9.13. The van der Waals surface area contributed by atoms with Gasteiger partial charge in [0.1, 0.15) is 6.23 Å². The Labute approximate surface area is 113 Å². The largest absolute Gasteiger partial charge is 0.389 e. The van der Waals surface area contributed by atoms with E-state index >= 15 is 0 Å². The zero-order valence-electron chi connectivity index (χ0n) is 12.4. The van der Waals surface area contributed by atoms with Crippen molar-refractivity contribution in [1.29, 1.82) is 0 Å². The summed E-state index contributed by atoms with van der Waals surface area (Å²) in [4.78, 5) is 0. The van der Waals surface area contributed by atoms with Crippen LogP contribution < -0.4 is 5.73 Å². The van der Waals surface area contributed by atoms with Gasteiger partial charge in [-0.05, 0) is 13.3 Å². The van der Waals surface area contributed by atoms with Crippen LogP contribution in [0, 0.1) is 0 Å². The minimum Gasteiger partial charge on any atom is -0.389 e. The Bertz CT molecular complexity index is 163. The average molecular weight is 259 g/mol. The molecule has 0 spiro atoms. The number of hydrogen-bond donors (Lipinski definition) is 2. The van der Waals surface area contributed by atoms with Crippen LogP contribution in [-0.2, 0) is 4.74 Å². The lowest BCUT2D eigenvalue weighted by Crippen LogP contribution is -2.35. The van der Waals surface area contributed by atoms with Crippen LogP contribution in [-0.4, -0.2) is 24.0 Å². The fraction of sp³-hybridized carbons (Fsp3) is 1.00. The van der Waals surface area contributed by atoms with Crippen molar-refractivity contribution in [3.8, 4) is 0 Å². The summed E-state index contributed by atoms with van der Waals surface area (Å²) in [5.41, 5.74) is 5.56. The van der Waals surface area contributed by atoms with Crippen molar-refractivity contribution >= 4 is 0 Å². The highest BCUT2D eigenvalue weighted by atomic mass is 16.5. The molecule has 0 aliphatic carbocycles. The van der Waals surface area contributed by atoms with Gasteiger partial charge in [0.25, 0.3) is 0 Å². The molecule has 0 radical (unpaired) electrons. The molecule has 2 unspecified atom stereocenters. The van der Waals surface area contributed by atoms with Gasteiger partial charge < -0.3 is 15.6 Å². The first-order chi connectivity index (χ1) is 8.68. The molecule has 0 heterocycles. The van der Waals surface area contributed by atoms with Crippen molar-refractivity contribution in [2.24, 2.45) is 5.73 Å². The van der Waals surface area contributed by atoms with Crippen LogP contribution in [0.15, 0.2) is 0 Å². The summed E-state index contributed by atoms with van der Waals surface area (Å²) >= 11 is 0. The van der Waals surface area contributed by atoms with E-state index in [2.05, 4.69) is 6.92 Å². The summed E-state index contributed by atoms with van der Waals surface area (Å²) in [6.45, 7) is 4.58. The first kappa shape index (κ1) is 17.9. The maximum atomic E-state index is 9.13. The van der Waals surface area contributed by atoms with Gasteiger partial charge >= 0.3 is 0 Å². The summed E-state index contributed by atoms with van der Waals surface area (Å²) < 4.78 is 5.30. The standard InChI is InChI=1S/C15H33NO2/c1-3-4-5-6-7-8-9-10-11-12-13-18-15(16)14(2)17/h14-15,17H,3-13,16H2,1-2H3. The van der Waals surface area contributed by atoms with E-state index in [4.69, 9.17) is 15.6 Å². The van der Waals surface area contributed by atoms with Crippen LogP contribution in [0.2, 0.25) is 0 Å². The van der Waals surface area contributed by atoms with Crippen molar-refractivity contribution in [2.75, 3.05) is 6.61 Å². The van der Waals surface area contributed by atoms with Crippen molar-refractivity contribution in [1.82, 2.24) is 0 Å². The molecule has 0 saturated carbocycles. The average Bonchev–Trinajstić information content (AvgIpc) is 2.35. The smallest absolute Gasteiger partial charge is 0.131 e. The van der Waals surface area contributed by atoms with E-state index in [1.54, 1.807) is 6.92 Å². The molecule has 3 heteroatoms. The molecular weight excluding hydrogens is 226 g/mol. The number of unbranched alkanes of at least 4 members (excludes halogenated alkanes) is 9. The molecule has 3 N–H and O–H groups in total. The highest BCUT2D eigenvalue weighted by Crippen LogP contribution is 2.10. The molecule has 0 rings (SSSR count). The molecule has 0 aliphatic heterocycles. The topological polar surface area (TPSA) is 55.5 Å². The van der Waals surface area contributed by atoms with Crippen LogP contribution in [0.3, 0.4) is 0 Å². The summed E-state index contributed by atoms with van der Waals surface area (Å²) in [7, 11) is 0. The zero-order valence-corrected chi connectivity index (χ0v) is 12.4. The second-order valence-corrected chi connectivity index (χ2v) is 5.26.